The topological polar surface area (TPSA) is 55.8 Å². The molecule has 2 aliphatic heterocycles. The minimum atomic E-state index is -1.42. The fourth-order valence-corrected chi connectivity index (χ4v) is 4.51. The number of esters is 2. The smallest absolute Gasteiger partial charge is 1.00 e. The number of nitrogens with zero attached hydrogens (tertiary/aromatic N) is 1. The van der Waals surface area contributed by atoms with Gasteiger partial charge in [-0.3, -0.25) is 9.59 Å². The van der Waals surface area contributed by atoms with Gasteiger partial charge in [0.15, 0.2) is 5.41 Å². The molecule has 0 saturated heterocycles. The molecule has 2 aliphatic rings. The van der Waals surface area contributed by atoms with E-state index in [9.17, 15) is 9.59 Å². The molecule has 0 saturated carbocycles. The summed E-state index contributed by atoms with van der Waals surface area (Å²) in [7, 11) is 2.65. The largest absolute Gasteiger partial charge is 2.00 e. The van der Waals surface area contributed by atoms with Gasteiger partial charge in [0.2, 0.25) is 0 Å². The number of anilines is 1. The van der Waals surface area contributed by atoms with Crippen LogP contribution < -0.4 is 29.7 Å². The maximum atomic E-state index is 13.0. The molecule has 0 spiro atoms. The van der Waals surface area contributed by atoms with E-state index in [0.717, 1.165) is 35.3 Å². The zero-order valence-corrected chi connectivity index (χ0v) is 19.3. The van der Waals surface area contributed by atoms with Gasteiger partial charge in [-0.2, -0.15) is 0 Å². The van der Waals surface area contributed by atoms with Crippen LogP contribution in [-0.4, -0.2) is 55.8 Å². The molecule has 0 amide bonds. The Labute approximate surface area is 199 Å². The molecule has 0 N–H and O–H groups in total. The number of hydrogen-bond acceptors (Lipinski definition) is 5. The standard InChI is InChI=1S/C21H21NO4.2ClH.Mg/c1-25-19(23)21(20(24)26-2)13-15-8-4-6-10-17(15)22-12-11-14-7-3-5-9-16(14)18(21)22;;;/h3-10,18H,11-13H2,1-2H3;2*1H;/q;;;+2/p-2/t18-;;;/m1.../s1. The molecule has 2 heterocycles. The van der Waals surface area contributed by atoms with Crippen molar-refractivity contribution in [2.45, 2.75) is 18.9 Å². The number of hydrogen-bond donors (Lipinski definition) is 0. The number of carbonyl (C=O) groups is 2. The zero-order valence-electron chi connectivity index (χ0n) is 16.4. The van der Waals surface area contributed by atoms with Gasteiger partial charge < -0.3 is 39.2 Å². The van der Waals surface area contributed by atoms with E-state index in [0.29, 0.717) is 0 Å². The molecule has 4 rings (SSSR count). The molecule has 0 aliphatic carbocycles. The Kier molecular flexibility index (Phi) is 8.84. The number of benzene rings is 2. The number of halogens is 2. The molecule has 29 heavy (non-hydrogen) atoms. The quantitative estimate of drug-likeness (QED) is 0.270. The van der Waals surface area contributed by atoms with Gasteiger partial charge in [-0.1, -0.05) is 42.5 Å². The first-order valence-corrected chi connectivity index (χ1v) is 8.72. The molecule has 0 radical (unpaired) electrons. The van der Waals surface area contributed by atoms with Crippen LogP contribution in [0.15, 0.2) is 48.5 Å². The van der Waals surface area contributed by atoms with Crippen LogP contribution in [0, 0.1) is 5.41 Å². The minimum Gasteiger partial charge on any atom is -1.00 e. The molecule has 8 heteroatoms. The summed E-state index contributed by atoms with van der Waals surface area (Å²) in [5, 5.41) is 0. The monoisotopic (exact) mass is 445 g/mol. The first-order chi connectivity index (χ1) is 12.6. The Morgan fingerprint density at radius 3 is 2.10 bits per heavy atom. The average molecular weight is 447 g/mol. The average Bonchev–Trinajstić information content (AvgIpc) is 2.71. The van der Waals surface area contributed by atoms with Gasteiger partial charge in [0.05, 0.1) is 20.3 Å². The van der Waals surface area contributed by atoms with Gasteiger partial charge in [-0.25, -0.2) is 0 Å². The molecule has 1 atom stereocenters. The van der Waals surface area contributed by atoms with E-state index < -0.39 is 23.4 Å². The van der Waals surface area contributed by atoms with Crippen molar-refractivity contribution in [3.05, 3.63) is 65.2 Å². The van der Waals surface area contributed by atoms with E-state index in [1.165, 1.54) is 14.2 Å². The normalized spacial score (nSPS) is 17.6. The number of para-hydroxylation sites is 1. The summed E-state index contributed by atoms with van der Waals surface area (Å²) in [4.78, 5) is 28.2. The van der Waals surface area contributed by atoms with Gasteiger partial charge >= 0.3 is 35.0 Å². The van der Waals surface area contributed by atoms with Crippen LogP contribution in [0.2, 0.25) is 0 Å². The van der Waals surface area contributed by atoms with Crippen molar-refractivity contribution >= 4 is 40.7 Å². The molecule has 150 valence electrons. The maximum absolute atomic E-state index is 13.0. The maximum Gasteiger partial charge on any atom is 2.00 e. The molecular formula is C21H21Cl2MgNO4. The summed E-state index contributed by atoms with van der Waals surface area (Å²) >= 11 is 0. The van der Waals surface area contributed by atoms with Crippen LogP contribution in [0.1, 0.15) is 22.7 Å². The number of carbonyl (C=O) groups excluding carboxylic acids is 2. The van der Waals surface area contributed by atoms with E-state index in [4.69, 9.17) is 9.47 Å². The summed E-state index contributed by atoms with van der Waals surface area (Å²) in [6, 6.07) is 15.5. The molecule has 2 aromatic carbocycles. The van der Waals surface area contributed by atoms with Gasteiger partial charge in [-0.15, -0.1) is 0 Å². The van der Waals surface area contributed by atoms with E-state index in [1.54, 1.807) is 0 Å². The van der Waals surface area contributed by atoms with E-state index in [1.807, 2.05) is 36.4 Å². The van der Waals surface area contributed by atoms with Crippen LogP contribution in [0.3, 0.4) is 0 Å². The molecular weight excluding hydrogens is 425 g/mol. The second-order valence-electron chi connectivity index (χ2n) is 6.80. The number of methoxy groups -OCH3 is 2. The predicted molar refractivity (Wildman–Crippen MR) is 103 cm³/mol. The van der Waals surface area contributed by atoms with Gasteiger partial charge in [0.1, 0.15) is 0 Å². The summed E-state index contributed by atoms with van der Waals surface area (Å²) in [6.45, 7) is 0.731. The first-order valence-electron chi connectivity index (χ1n) is 8.72. The number of fused-ring (bicyclic) bond motifs is 5. The Morgan fingerprint density at radius 1 is 0.931 bits per heavy atom. The predicted octanol–water partition coefficient (Wildman–Crippen LogP) is -3.69. The SMILES string of the molecule is COC(=O)C1(C(=O)OC)Cc2ccccc2N2CCc3ccccc3[C@@H]21.[Cl-].[Cl-].[Mg+2]. The van der Waals surface area contributed by atoms with Crippen LogP contribution in [0.4, 0.5) is 5.69 Å². The van der Waals surface area contributed by atoms with E-state index in [2.05, 4.69) is 17.0 Å². The molecule has 2 aromatic rings. The second-order valence-corrected chi connectivity index (χ2v) is 6.80. The van der Waals surface area contributed by atoms with Crippen molar-refractivity contribution in [1.82, 2.24) is 0 Å². The number of ether oxygens (including phenoxy) is 2. The van der Waals surface area contributed by atoms with Crippen molar-refractivity contribution < 1.29 is 43.9 Å². The second kappa shape index (κ2) is 10.0. The molecule has 5 nitrogen and oxygen atoms in total. The van der Waals surface area contributed by atoms with Gasteiger partial charge in [0, 0.05) is 18.7 Å². The first kappa shape index (κ1) is 25.6. The van der Waals surface area contributed by atoms with Crippen LogP contribution in [-0.2, 0) is 31.9 Å². The Balaban J connectivity index is 0.00000140. The Morgan fingerprint density at radius 2 is 1.48 bits per heavy atom. The fourth-order valence-electron chi connectivity index (χ4n) is 4.51. The third-order valence-electron chi connectivity index (χ3n) is 5.62. The van der Waals surface area contributed by atoms with Crippen molar-refractivity contribution in [3.63, 3.8) is 0 Å². The van der Waals surface area contributed by atoms with Crippen molar-refractivity contribution in [2.75, 3.05) is 25.7 Å². The van der Waals surface area contributed by atoms with Crippen LogP contribution in [0.25, 0.3) is 0 Å². The molecule has 0 fully saturated rings. The zero-order chi connectivity index (χ0) is 18.3. The number of rotatable bonds is 2. The summed E-state index contributed by atoms with van der Waals surface area (Å²) < 4.78 is 10.3. The fraction of sp³-hybridized carbons (Fsp3) is 0.333. The van der Waals surface area contributed by atoms with Crippen molar-refractivity contribution in [3.8, 4) is 0 Å². The van der Waals surface area contributed by atoms with E-state index in [-0.39, 0.29) is 54.3 Å². The third-order valence-corrected chi connectivity index (χ3v) is 5.62. The summed E-state index contributed by atoms with van der Waals surface area (Å²) in [5.41, 5.74) is 2.75. The van der Waals surface area contributed by atoms with Crippen molar-refractivity contribution in [1.29, 1.82) is 0 Å². The van der Waals surface area contributed by atoms with Crippen molar-refractivity contribution in [2.24, 2.45) is 5.41 Å². The Hall–Kier alpha value is -1.47. The van der Waals surface area contributed by atoms with Crippen LogP contribution >= 0.6 is 0 Å². The molecule has 0 unspecified atom stereocenters. The van der Waals surface area contributed by atoms with E-state index >= 15 is 0 Å². The summed E-state index contributed by atoms with van der Waals surface area (Å²) in [5.74, 6) is -1.10. The minimum absolute atomic E-state index is 0. The molecule has 0 aromatic heterocycles. The van der Waals surface area contributed by atoms with Gasteiger partial charge in [-0.05, 0) is 29.2 Å². The third kappa shape index (κ3) is 3.83. The van der Waals surface area contributed by atoms with Crippen LogP contribution in [0.5, 0.6) is 0 Å². The summed E-state index contributed by atoms with van der Waals surface area (Å²) in [6.07, 6.45) is 1.12. The Bertz CT molecular complexity index is 876. The van der Waals surface area contributed by atoms with Gasteiger partial charge in [0.25, 0.3) is 0 Å². The molecule has 0 bridgehead atoms.